The zero-order valence-corrected chi connectivity index (χ0v) is 9.43. The number of carbonyl (C=O) groups excluding carboxylic acids is 1. The van der Waals surface area contributed by atoms with E-state index >= 15 is 0 Å². The fraction of sp³-hybridized carbons (Fsp3) is 0.909. The highest BCUT2D eigenvalue weighted by atomic mass is 16.5. The number of esters is 1. The van der Waals surface area contributed by atoms with Gasteiger partial charge in [0.1, 0.15) is 0 Å². The Hall–Kier alpha value is -0.570. The van der Waals surface area contributed by atoms with Gasteiger partial charge in [0.05, 0.1) is 12.5 Å². The van der Waals surface area contributed by atoms with Crippen LogP contribution in [0.3, 0.4) is 0 Å². The molecule has 0 unspecified atom stereocenters. The standard InChI is InChI=1S/C11H21NO2/c1-9(2)14-10(13)8-11(3)4-6-12-7-5-11/h9,12H,4-8H2,1-3H3. The lowest BCUT2D eigenvalue weighted by Crippen LogP contribution is -2.36. The minimum absolute atomic E-state index is 0.00724. The van der Waals surface area contributed by atoms with Crippen molar-refractivity contribution in [3.63, 3.8) is 0 Å². The molecule has 1 rings (SSSR count). The summed E-state index contributed by atoms with van der Waals surface area (Å²) in [6.07, 6.45) is 2.71. The third kappa shape index (κ3) is 3.66. The Morgan fingerprint density at radius 3 is 2.50 bits per heavy atom. The average molecular weight is 199 g/mol. The van der Waals surface area contributed by atoms with E-state index in [2.05, 4.69) is 12.2 Å². The number of hydrogen-bond acceptors (Lipinski definition) is 3. The number of hydrogen-bond donors (Lipinski definition) is 1. The van der Waals surface area contributed by atoms with Crippen molar-refractivity contribution in [2.24, 2.45) is 5.41 Å². The topological polar surface area (TPSA) is 38.3 Å². The van der Waals surface area contributed by atoms with Crippen LogP contribution < -0.4 is 5.32 Å². The van der Waals surface area contributed by atoms with Crippen LogP contribution in [-0.2, 0) is 9.53 Å². The molecule has 0 bridgehead atoms. The second-order valence-electron chi connectivity index (χ2n) is 4.78. The monoisotopic (exact) mass is 199 g/mol. The molecule has 0 saturated carbocycles. The van der Waals surface area contributed by atoms with E-state index in [0.29, 0.717) is 6.42 Å². The Balaban J connectivity index is 2.37. The second kappa shape index (κ2) is 4.78. The van der Waals surface area contributed by atoms with Gasteiger partial charge in [0, 0.05) is 0 Å². The Morgan fingerprint density at radius 2 is 2.00 bits per heavy atom. The molecule has 3 heteroatoms. The van der Waals surface area contributed by atoms with E-state index in [1.54, 1.807) is 0 Å². The van der Waals surface area contributed by atoms with Crippen LogP contribution in [0.2, 0.25) is 0 Å². The summed E-state index contributed by atoms with van der Waals surface area (Å²) in [4.78, 5) is 11.5. The van der Waals surface area contributed by atoms with Gasteiger partial charge >= 0.3 is 5.97 Å². The van der Waals surface area contributed by atoms with Crippen molar-refractivity contribution in [1.82, 2.24) is 5.32 Å². The summed E-state index contributed by atoms with van der Waals surface area (Å²) < 4.78 is 5.16. The fourth-order valence-electron chi connectivity index (χ4n) is 1.86. The van der Waals surface area contributed by atoms with Crippen LogP contribution in [0.5, 0.6) is 0 Å². The van der Waals surface area contributed by atoms with Crippen molar-refractivity contribution in [1.29, 1.82) is 0 Å². The maximum atomic E-state index is 11.5. The zero-order valence-electron chi connectivity index (χ0n) is 9.43. The molecule has 1 aliphatic rings. The predicted molar refractivity (Wildman–Crippen MR) is 56.1 cm³/mol. The molecule has 0 aromatic rings. The Labute approximate surface area is 86.2 Å². The largest absolute Gasteiger partial charge is 0.463 e. The van der Waals surface area contributed by atoms with Gasteiger partial charge in [0.2, 0.25) is 0 Å². The summed E-state index contributed by atoms with van der Waals surface area (Å²) in [5.41, 5.74) is 0.150. The Bertz CT molecular complexity index is 195. The first-order valence-corrected chi connectivity index (χ1v) is 5.42. The molecule has 0 aromatic heterocycles. The van der Waals surface area contributed by atoms with E-state index in [1.807, 2.05) is 13.8 Å². The van der Waals surface area contributed by atoms with Gasteiger partial charge in [-0.2, -0.15) is 0 Å². The first kappa shape index (κ1) is 11.5. The van der Waals surface area contributed by atoms with Crippen molar-refractivity contribution in [3.05, 3.63) is 0 Å². The lowest BCUT2D eigenvalue weighted by atomic mass is 9.78. The van der Waals surface area contributed by atoms with E-state index in [4.69, 9.17) is 4.74 Å². The smallest absolute Gasteiger partial charge is 0.306 e. The van der Waals surface area contributed by atoms with Crippen LogP contribution in [0.1, 0.15) is 40.0 Å². The van der Waals surface area contributed by atoms with Crippen LogP contribution in [0.15, 0.2) is 0 Å². The molecule has 0 aromatic carbocycles. The van der Waals surface area contributed by atoms with Gasteiger partial charge in [-0.15, -0.1) is 0 Å². The van der Waals surface area contributed by atoms with E-state index in [1.165, 1.54) is 0 Å². The molecule has 1 fully saturated rings. The van der Waals surface area contributed by atoms with Gasteiger partial charge < -0.3 is 10.1 Å². The van der Waals surface area contributed by atoms with E-state index < -0.39 is 0 Å². The number of piperidine rings is 1. The maximum Gasteiger partial charge on any atom is 0.306 e. The fourth-order valence-corrected chi connectivity index (χ4v) is 1.86. The predicted octanol–water partition coefficient (Wildman–Crippen LogP) is 1.72. The Kier molecular flexibility index (Phi) is 3.93. The molecule has 1 saturated heterocycles. The molecule has 0 atom stereocenters. The third-order valence-electron chi connectivity index (χ3n) is 2.75. The zero-order chi connectivity index (χ0) is 10.6. The normalized spacial score (nSPS) is 20.9. The molecule has 1 heterocycles. The average Bonchev–Trinajstić information content (AvgIpc) is 2.02. The molecule has 3 nitrogen and oxygen atoms in total. The third-order valence-corrected chi connectivity index (χ3v) is 2.75. The van der Waals surface area contributed by atoms with Gasteiger partial charge in [-0.25, -0.2) is 0 Å². The van der Waals surface area contributed by atoms with Gasteiger partial charge in [0.25, 0.3) is 0 Å². The first-order valence-electron chi connectivity index (χ1n) is 5.42. The van der Waals surface area contributed by atoms with Gasteiger partial charge in [-0.1, -0.05) is 6.92 Å². The van der Waals surface area contributed by atoms with Crippen molar-refractivity contribution in [3.8, 4) is 0 Å². The highest BCUT2D eigenvalue weighted by Crippen LogP contribution is 2.32. The van der Waals surface area contributed by atoms with Gasteiger partial charge in [-0.05, 0) is 45.2 Å². The molecule has 14 heavy (non-hydrogen) atoms. The van der Waals surface area contributed by atoms with E-state index in [0.717, 1.165) is 25.9 Å². The second-order valence-corrected chi connectivity index (χ2v) is 4.78. The minimum atomic E-state index is -0.0515. The van der Waals surface area contributed by atoms with Crippen molar-refractivity contribution in [2.45, 2.75) is 46.1 Å². The maximum absolute atomic E-state index is 11.5. The first-order chi connectivity index (χ1) is 6.52. The molecular weight excluding hydrogens is 178 g/mol. The molecule has 82 valence electrons. The van der Waals surface area contributed by atoms with Crippen molar-refractivity contribution < 1.29 is 9.53 Å². The number of rotatable bonds is 3. The number of carbonyl (C=O) groups is 1. The number of ether oxygens (including phenoxy) is 1. The van der Waals surface area contributed by atoms with Crippen LogP contribution >= 0.6 is 0 Å². The van der Waals surface area contributed by atoms with E-state index in [9.17, 15) is 4.79 Å². The molecule has 1 aliphatic heterocycles. The molecule has 1 N–H and O–H groups in total. The van der Waals surface area contributed by atoms with Crippen LogP contribution in [0.25, 0.3) is 0 Å². The lowest BCUT2D eigenvalue weighted by molar-refractivity contribution is -0.150. The number of nitrogens with one attached hydrogen (secondary N) is 1. The van der Waals surface area contributed by atoms with Gasteiger partial charge in [0.15, 0.2) is 0 Å². The van der Waals surface area contributed by atoms with Crippen molar-refractivity contribution in [2.75, 3.05) is 13.1 Å². The van der Waals surface area contributed by atoms with Gasteiger partial charge in [-0.3, -0.25) is 4.79 Å². The summed E-state index contributed by atoms with van der Waals surface area (Å²) >= 11 is 0. The Morgan fingerprint density at radius 1 is 1.43 bits per heavy atom. The summed E-state index contributed by atoms with van der Waals surface area (Å²) in [6.45, 7) is 8.00. The SMILES string of the molecule is CC(C)OC(=O)CC1(C)CCNCC1. The molecule has 0 radical (unpaired) electrons. The summed E-state index contributed by atoms with van der Waals surface area (Å²) in [7, 11) is 0. The van der Waals surface area contributed by atoms with E-state index in [-0.39, 0.29) is 17.5 Å². The lowest BCUT2D eigenvalue weighted by Gasteiger charge is -2.33. The molecule has 0 aliphatic carbocycles. The summed E-state index contributed by atoms with van der Waals surface area (Å²) in [6, 6.07) is 0. The van der Waals surface area contributed by atoms with Crippen LogP contribution in [-0.4, -0.2) is 25.2 Å². The molecular formula is C11H21NO2. The molecule has 0 spiro atoms. The highest BCUT2D eigenvalue weighted by molar-refractivity contribution is 5.70. The molecule has 0 amide bonds. The van der Waals surface area contributed by atoms with Crippen molar-refractivity contribution >= 4 is 5.97 Å². The highest BCUT2D eigenvalue weighted by Gasteiger charge is 2.30. The summed E-state index contributed by atoms with van der Waals surface area (Å²) in [5, 5.41) is 3.30. The van der Waals surface area contributed by atoms with Crippen LogP contribution in [0.4, 0.5) is 0 Å². The van der Waals surface area contributed by atoms with Crippen LogP contribution in [0, 0.1) is 5.41 Å². The quantitative estimate of drug-likeness (QED) is 0.703. The summed E-state index contributed by atoms with van der Waals surface area (Å²) in [5.74, 6) is -0.0515. The minimum Gasteiger partial charge on any atom is -0.463 e.